The maximum Gasteiger partial charge on any atom is 0.157 e. The summed E-state index contributed by atoms with van der Waals surface area (Å²) in [5.74, 6) is 1.19. The van der Waals surface area contributed by atoms with Crippen molar-refractivity contribution in [2.24, 2.45) is 4.99 Å². The normalized spacial score (nSPS) is 26.4. The van der Waals surface area contributed by atoms with Gasteiger partial charge in [-0.3, -0.25) is 4.99 Å². The van der Waals surface area contributed by atoms with Crippen molar-refractivity contribution in [1.82, 2.24) is 5.32 Å². The number of aliphatic imine (C=N–C) groups is 1. The van der Waals surface area contributed by atoms with Gasteiger partial charge in [-0.2, -0.15) is 0 Å². The molecule has 1 aliphatic heterocycles. The van der Waals surface area contributed by atoms with Crippen molar-refractivity contribution in [1.29, 1.82) is 0 Å². The fourth-order valence-electron chi connectivity index (χ4n) is 2.00. The lowest BCUT2D eigenvalue weighted by molar-refractivity contribution is 0.408. The largest absolute Gasteiger partial charge is 0.360 e. The summed E-state index contributed by atoms with van der Waals surface area (Å²) in [6, 6.07) is 0. The minimum atomic E-state index is 0.163. The second-order valence-electron chi connectivity index (χ2n) is 5.62. The van der Waals surface area contributed by atoms with E-state index in [2.05, 4.69) is 39.9 Å². The maximum absolute atomic E-state index is 4.87. The molecule has 0 saturated carbocycles. The molecule has 1 unspecified atom stereocenters. The Bertz CT molecular complexity index is 261. The Morgan fingerprint density at radius 1 is 1.44 bits per heavy atom. The highest BCUT2D eigenvalue weighted by Gasteiger charge is 2.28. The number of nitrogens with one attached hydrogen (secondary N) is 1. The van der Waals surface area contributed by atoms with Crippen LogP contribution in [0.15, 0.2) is 4.99 Å². The monoisotopic (exact) mass is 242 g/mol. The summed E-state index contributed by atoms with van der Waals surface area (Å²) in [6.07, 6.45) is 4.74. The zero-order valence-corrected chi connectivity index (χ0v) is 12.2. The molecule has 0 aliphatic carbocycles. The van der Waals surface area contributed by atoms with Crippen molar-refractivity contribution < 1.29 is 0 Å². The van der Waals surface area contributed by atoms with Gasteiger partial charge in [0.15, 0.2) is 5.17 Å². The highest BCUT2D eigenvalue weighted by atomic mass is 32.2. The Morgan fingerprint density at radius 2 is 2.12 bits per heavy atom. The standard InChI is InChI=1S/C13H26N2S/c1-6-8-12(3,4)14-11-15-13(5,7-2)9-10-16-11/h6-10H2,1-5H3,(H,14,15). The van der Waals surface area contributed by atoms with Crippen LogP contribution in [0.5, 0.6) is 0 Å². The molecule has 0 saturated heterocycles. The minimum Gasteiger partial charge on any atom is -0.360 e. The van der Waals surface area contributed by atoms with Crippen molar-refractivity contribution in [3.63, 3.8) is 0 Å². The van der Waals surface area contributed by atoms with Crippen LogP contribution < -0.4 is 5.32 Å². The van der Waals surface area contributed by atoms with E-state index in [1.54, 1.807) is 0 Å². The van der Waals surface area contributed by atoms with Gasteiger partial charge in [0.2, 0.25) is 0 Å². The first-order valence-electron chi connectivity index (χ1n) is 6.41. The molecule has 16 heavy (non-hydrogen) atoms. The third-order valence-electron chi connectivity index (χ3n) is 3.33. The molecule has 0 bridgehead atoms. The molecular weight excluding hydrogens is 216 g/mol. The number of hydrogen-bond acceptors (Lipinski definition) is 3. The molecule has 0 spiro atoms. The summed E-state index contributed by atoms with van der Waals surface area (Å²) in [5, 5.41) is 4.75. The number of nitrogens with zero attached hydrogens (tertiary/aromatic N) is 1. The van der Waals surface area contributed by atoms with E-state index in [-0.39, 0.29) is 11.1 Å². The Labute approximate surface area is 105 Å². The van der Waals surface area contributed by atoms with Crippen LogP contribution in [-0.2, 0) is 0 Å². The molecule has 0 aromatic carbocycles. The molecule has 1 aliphatic rings. The van der Waals surface area contributed by atoms with Gasteiger partial charge in [-0.05, 0) is 40.0 Å². The van der Waals surface area contributed by atoms with Gasteiger partial charge in [0.25, 0.3) is 0 Å². The lowest BCUT2D eigenvalue weighted by Crippen LogP contribution is -2.44. The van der Waals surface area contributed by atoms with Gasteiger partial charge < -0.3 is 5.32 Å². The first-order valence-corrected chi connectivity index (χ1v) is 7.40. The van der Waals surface area contributed by atoms with Crippen molar-refractivity contribution in [2.75, 3.05) is 5.75 Å². The van der Waals surface area contributed by atoms with Crippen molar-refractivity contribution in [2.45, 2.75) is 71.4 Å². The fraction of sp³-hybridized carbons (Fsp3) is 0.923. The number of hydrogen-bond donors (Lipinski definition) is 1. The molecule has 2 nitrogen and oxygen atoms in total. The van der Waals surface area contributed by atoms with Gasteiger partial charge in [0.1, 0.15) is 0 Å². The molecule has 0 radical (unpaired) electrons. The molecule has 0 amide bonds. The molecule has 0 fully saturated rings. The predicted octanol–water partition coefficient (Wildman–Crippen LogP) is 3.82. The van der Waals surface area contributed by atoms with E-state index in [0.29, 0.717) is 0 Å². The first kappa shape index (κ1) is 13.9. The molecule has 1 heterocycles. The zero-order valence-electron chi connectivity index (χ0n) is 11.4. The molecular formula is C13H26N2S. The topological polar surface area (TPSA) is 24.4 Å². The van der Waals surface area contributed by atoms with E-state index < -0.39 is 0 Å². The zero-order chi connectivity index (χ0) is 12.2. The van der Waals surface area contributed by atoms with Crippen LogP contribution in [-0.4, -0.2) is 22.0 Å². The van der Waals surface area contributed by atoms with Gasteiger partial charge in [0.05, 0.1) is 5.54 Å². The smallest absolute Gasteiger partial charge is 0.157 e. The lowest BCUT2D eigenvalue weighted by atomic mass is 9.96. The summed E-state index contributed by atoms with van der Waals surface area (Å²) >= 11 is 1.87. The number of rotatable bonds is 4. The summed E-state index contributed by atoms with van der Waals surface area (Å²) in [7, 11) is 0. The van der Waals surface area contributed by atoms with Crippen molar-refractivity contribution in [3.05, 3.63) is 0 Å². The Hall–Kier alpha value is -0.180. The highest BCUT2D eigenvalue weighted by molar-refractivity contribution is 8.13. The average molecular weight is 242 g/mol. The highest BCUT2D eigenvalue weighted by Crippen LogP contribution is 2.29. The third-order valence-corrected chi connectivity index (χ3v) is 4.21. The SMILES string of the molecule is CCCC(C)(C)NC1=NC(C)(CC)CCS1. The second kappa shape index (κ2) is 5.44. The lowest BCUT2D eigenvalue weighted by Gasteiger charge is -2.34. The van der Waals surface area contributed by atoms with Gasteiger partial charge >= 0.3 is 0 Å². The molecule has 1 atom stereocenters. The third kappa shape index (κ3) is 4.00. The van der Waals surface area contributed by atoms with E-state index in [0.717, 1.165) is 11.6 Å². The molecule has 94 valence electrons. The van der Waals surface area contributed by atoms with Crippen LogP contribution in [0, 0.1) is 0 Å². The van der Waals surface area contributed by atoms with Gasteiger partial charge in [-0.15, -0.1) is 0 Å². The Balaban J connectivity index is 2.66. The quantitative estimate of drug-likeness (QED) is 0.810. The van der Waals surface area contributed by atoms with Crippen LogP contribution in [0.3, 0.4) is 0 Å². The van der Waals surface area contributed by atoms with E-state index in [1.165, 1.54) is 25.0 Å². The van der Waals surface area contributed by atoms with E-state index in [9.17, 15) is 0 Å². The van der Waals surface area contributed by atoms with E-state index >= 15 is 0 Å². The molecule has 1 rings (SSSR count). The van der Waals surface area contributed by atoms with Crippen LogP contribution in [0.25, 0.3) is 0 Å². The molecule has 0 aromatic heterocycles. The molecule has 3 heteroatoms. The van der Waals surface area contributed by atoms with Crippen molar-refractivity contribution >= 4 is 16.9 Å². The molecule has 1 N–H and O–H groups in total. The van der Waals surface area contributed by atoms with Crippen LogP contribution >= 0.6 is 11.8 Å². The minimum absolute atomic E-state index is 0.163. The van der Waals surface area contributed by atoms with Crippen LogP contribution in [0.4, 0.5) is 0 Å². The maximum atomic E-state index is 4.87. The van der Waals surface area contributed by atoms with Gasteiger partial charge in [-0.1, -0.05) is 32.0 Å². The van der Waals surface area contributed by atoms with Gasteiger partial charge in [-0.25, -0.2) is 0 Å². The number of thioether (sulfide) groups is 1. The van der Waals surface area contributed by atoms with Gasteiger partial charge in [0, 0.05) is 11.3 Å². The average Bonchev–Trinajstić information content (AvgIpc) is 2.17. The summed E-state index contributed by atoms with van der Waals surface area (Å²) in [5.41, 5.74) is 0.336. The number of amidine groups is 1. The summed E-state index contributed by atoms with van der Waals surface area (Å²) < 4.78 is 0. The second-order valence-corrected chi connectivity index (χ2v) is 6.71. The Morgan fingerprint density at radius 3 is 2.69 bits per heavy atom. The van der Waals surface area contributed by atoms with Crippen molar-refractivity contribution in [3.8, 4) is 0 Å². The first-order chi connectivity index (χ1) is 7.41. The summed E-state index contributed by atoms with van der Waals surface area (Å²) in [4.78, 5) is 4.87. The van der Waals surface area contributed by atoms with Crippen LogP contribution in [0.1, 0.15) is 60.3 Å². The predicted molar refractivity (Wildman–Crippen MR) is 75.3 cm³/mol. The van der Waals surface area contributed by atoms with E-state index in [1.807, 2.05) is 11.8 Å². The fourth-order valence-corrected chi connectivity index (χ4v) is 3.37. The van der Waals surface area contributed by atoms with E-state index in [4.69, 9.17) is 4.99 Å². The van der Waals surface area contributed by atoms with Crippen LogP contribution in [0.2, 0.25) is 0 Å². The molecule has 0 aromatic rings. The summed E-state index contributed by atoms with van der Waals surface area (Å²) in [6.45, 7) is 11.2. The Kier molecular flexibility index (Phi) is 4.72.